The number of nitrogens with two attached hydrogens (primary N) is 1. The van der Waals surface area contributed by atoms with E-state index < -0.39 is 5.97 Å². The third-order valence-corrected chi connectivity index (χ3v) is 4.66. The van der Waals surface area contributed by atoms with Crippen LogP contribution in [0, 0.1) is 18.3 Å². The minimum atomic E-state index is -0.510. The molecule has 0 bridgehead atoms. The third kappa shape index (κ3) is 2.84. The number of hydrogen-bond donors (Lipinski definition) is 1. The van der Waals surface area contributed by atoms with Crippen LogP contribution in [0.3, 0.4) is 0 Å². The van der Waals surface area contributed by atoms with Crippen LogP contribution >= 0.6 is 0 Å². The van der Waals surface area contributed by atoms with Gasteiger partial charge in [-0.2, -0.15) is 9.78 Å². The Labute approximate surface area is 170 Å². The first kappa shape index (κ1) is 19.1. The van der Waals surface area contributed by atoms with Crippen molar-refractivity contribution in [2.45, 2.75) is 13.8 Å². The highest BCUT2D eigenvalue weighted by molar-refractivity contribution is 6.11. The molecule has 0 aliphatic heterocycles. The van der Waals surface area contributed by atoms with Crippen LogP contribution in [-0.2, 0) is 4.74 Å². The summed E-state index contributed by atoms with van der Waals surface area (Å²) in [6, 6.07) is 9.09. The van der Waals surface area contributed by atoms with Crippen LogP contribution < -0.4 is 10.5 Å². The lowest BCUT2D eigenvalue weighted by Gasteiger charge is -2.13. The topological polar surface area (TPSA) is 141 Å². The predicted octanol–water partition coefficient (Wildman–Crippen LogP) is 2.29. The number of anilines is 1. The normalized spacial score (nSPS) is 10.9. The van der Waals surface area contributed by atoms with Gasteiger partial charge in [0.2, 0.25) is 5.69 Å². The highest BCUT2D eigenvalue weighted by atomic mass is 16.5. The van der Waals surface area contributed by atoms with Gasteiger partial charge in [-0.05, 0) is 31.5 Å². The van der Waals surface area contributed by atoms with Crippen molar-refractivity contribution >= 4 is 28.5 Å². The molecule has 0 radical (unpaired) electrons. The van der Waals surface area contributed by atoms with Crippen molar-refractivity contribution in [1.82, 2.24) is 24.8 Å². The second-order valence-electron chi connectivity index (χ2n) is 6.38. The monoisotopic (exact) mass is 403 g/mol. The van der Waals surface area contributed by atoms with Gasteiger partial charge in [0.25, 0.3) is 0 Å². The molecule has 0 aliphatic rings. The molecule has 0 unspecified atom stereocenters. The maximum absolute atomic E-state index is 12.8. The molecule has 1 aromatic carbocycles. The van der Waals surface area contributed by atoms with E-state index in [-0.39, 0.29) is 23.8 Å². The van der Waals surface area contributed by atoms with Crippen molar-refractivity contribution in [3.63, 3.8) is 0 Å². The zero-order valence-corrected chi connectivity index (χ0v) is 16.5. The molecule has 4 rings (SSSR count). The number of ether oxygens (including phenoxy) is 2. The number of esters is 1. The Balaban J connectivity index is 2.16. The second kappa shape index (κ2) is 7.29. The summed E-state index contributed by atoms with van der Waals surface area (Å²) in [5.74, 6) is 0.196. The largest absolute Gasteiger partial charge is 0.497 e. The molecular weight excluding hydrogens is 386 g/mol. The third-order valence-electron chi connectivity index (χ3n) is 4.66. The van der Waals surface area contributed by atoms with E-state index in [1.54, 1.807) is 33.1 Å². The molecule has 4 aromatic rings. The second-order valence-corrected chi connectivity index (χ2v) is 6.38. The van der Waals surface area contributed by atoms with Crippen molar-refractivity contribution in [2.75, 3.05) is 19.5 Å². The fraction of sp³-hybridized carbons (Fsp3) is 0.200. The van der Waals surface area contributed by atoms with Gasteiger partial charge in [0, 0.05) is 5.56 Å². The predicted molar refractivity (Wildman–Crippen MR) is 108 cm³/mol. The maximum atomic E-state index is 12.8. The minimum absolute atomic E-state index is 0.0384. The van der Waals surface area contributed by atoms with Crippen LogP contribution in [0.1, 0.15) is 28.7 Å². The van der Waals surface area contributed by atoms with Gasteiger partial charge in [-0.15, -0.1) is 15.3 Å². The van der Waals surface area contributed by atoms with Gasteiger partial charge in [-0.1, -0.05) is 12.1 Å². The van der Waals surface area contributed by atoms with Crippen LogP contribution in [0.25, 0.3) is 27.8 Å². The number of fused-ring (bicyclic) bond motifs is 3. The lowest BCUT2D eigenvalue weighted by Crippen LogP contribution is -2.10. The van der Waals surface area contributed by atoms with Crippen molar-refractivity contribution in [2.24, 2.45) is 0 Å². The zero-order chi connectivity index (χ0) is 21.4. The molecule has 0 fully saturated rings. The Morgan fingerprint density at radius 2 is 2.00 bits per heavy atom. The molecule has 0 aliphatic carbocycles. The van der Waals surface area contributed by atoms with Crippen molar-refractivity contribution in [3.8, 4) is 22.9 Å². The van der Waals surface area contributed by atoms with Crippen molar-refractivity contribution in [3.05, 3.63) is 41.2 Å². The summed E-state index contributed by atoms with van der Waals surface area (Å²) in [6.07, 6.45) is 0. The van der Waals surface area contributed by atoms with E-state index in [1.807, 2.05) is 18.2 Å². The van der Waals surface area contributed by atoms with Gasteiger partial charge in [-0.25, -0.2) is 9.78 Å². The van der Waals surface area contributed by atoms with E-state index in [0.717, 1.165) is 0 Å². The van der Waals surface area contributed by atoms with Crippen LogP contribution in [-0.4, -0.2) is 44.5 Å². The fourth-order valence-electron chi connectivity index (χ4n) is 3.31. The summed E-state index contributed by atoms with van der Waals surface area (Å²) >= 11 is 0. The summed E-state index contributed by atoms with van der Waals surface area (Å²) in [6.45, 7) is 3.65. The van der Waals surface area contributed by atoms with Crippen LogP contribution in [0.2, 0.25) is 0 Å². The molecule has 10 nitrogen and oxygen atoms in total. The molecule has 2 N–H and O–H groups in total. The Morgan fingerprint density at radius 1 is 1.27 bits per heavy atom. The molecule has 0 atom stereocenters. The van der Waals surface area contributed by atoms with Crippen LogP contribution in [0.5, 0.6) is 5.75 Å². The Bertz CT molecular complexity index is 1340. The number of pyridine rings is 1. The average molecular weight is 403 g/mol. The average Bonchev–Trinajstić information content (AvgIpc) is 3.12. The fourth-order valence-corrected chi connectivity index (χ4v) is 3.31. The first-order valence-corrected chi connectivity index (χ1v) is 9.07. The lowest BCUT2D eigenvalue weighted by molar-refractivity contribution is 0.0526. The summed E-state index contributed by atoms with van der Waals surface area (Å²) in [7, 11) is 1.57. The Kier molecular flexibility index (Phi) is 4.63. The van der Waals surface area contributed by atoms with Gasteiger partial charge in [0.05, 0.1) is 30.4 Å². The molecule has 0 amide bonds. The number of nitriles is 1. The van der Waals surface area contributed by atoms with Gasteiger partial charge < -0.3 is 15.2 Å². The maximum Gasteiger partial charge on any atom is 0.340 e. The van der Waals surface area contributed by atoms with Gasteiger partial charge in [-0.3, -0.25) is 0 Å². The Hall–Kier alpha value is -4.26. The van der Waals surface area contributed by atoms with Gasteiger partial charge in [0.15, 0.2) is 17.1 Å². The molecule has 10 heteroatoms. The molecule has 0 saturated carbocycles. The van der Waals surface area contributed by atoms with E-state index in [9.17, 15) is 10.1 Å². The van der Waals surface area contributed by atoms with Crippen LogP contribution in [0.15, 0.2) is 24.3 Å². The number of methoxy groups -OCH3 is 1. The van der Waals surface area contributed by atoms with Crippen molar-refractivity contribution in [1.29, 1.82) is 5.26 Å². The molecule has 0 spiro atoms. The number of carbonyl (C=O) groups excluding carboxylic acids is 1. The number of benzene rings is 1. The number of rotatable bonds is 4. The minimum Gasteiger partial charge on any atom is -0.497 e. The molecule has 0 saturated heterocycles. The van der Waals surface area contributed by atoms with E-state index in [4.69, 9.17) is 15.2 Å². The lowest BCUT2D eigenvalue weighted by atomic mass is 9.96. The smallest absolute Gasteiger partial charge is 0.340 e. The molecule has 30 heavy (non-hydrogen) atoms. The van der Waals surface area contributed by atoms with E-state index in [1.165, 1.54) is 4.52 Å². The van der Waals surface area contributed by atoms with E-state index in [0.29, 0.717) is 39.2 Å². The number of aromatic nitrogens is 5. The van der Waals surface area contributed by atoms with Crippen molar-refractivity contribution < 1.29 is 14.3 Å². The van der Waals surface area contributed by atoms with E-state index in [2.05, 4.69) is 20.3 Å². The summed E-state index contributed by atoms with van der Waals surface area (Å²) in [5, 5.41) is 22.1. The van der Waals surface area contributed by atoms with Crippen LogP contribution in [0.4, 0.5) is 5.82 Å². The zero-order valence-electron chi connectivity index (χ0n) is 16.5. The first-order chi connectivity index (χ1) is 14.5. The number of nitrogen functional groups attached to an aromatic ring is 1. The standard InChI is InChI=1S/C20H17N7O3/c1-4-30-20(28)14-10(2)23-18-16(15(14)11-5-7-12(29-3)8-6-11)19-25-24-13(9-21)17(22)27(19)26-18/h5-8H,4,22H2,1-3H3. The molecule has 3 aromatic heterocycles. The summed E-state index contributed by atoms with van der Waals surface area (Å²) < 4.78 is 11.8. The summed E-state index contributed by atoms with van der Waals surface area (Å²) in [5.41, 5.74) is 8.61. The van der Waals surface area contributed by atoms with Gasteiger partial charge >= 0.3 is 5.97 Å². The van der Waals surface area contributed by atoms with Gasteiger partial charge in [0.1, 0.15) is 11.8 Å². The summed E-state index contributed by atoms with van der Waals surface area (Å²) in [4.78, 5) is 17.3. The highest BCUT2D eigenvalue weighted by Gasteiger charge is 2.26. The Morgan fingerprint density at radius 3 is 2.63 bits per heavy atom. The number of carbonyl (C=O) groups is 1. The number of nitrogens with zero attached hydrogens (tertiary/aromatic N) is 6. The van der Waals surface area contributed by atoms with E-state index >= 15 is 0 Å². The first-order valence-electron chi connectivity index (χ1n) is 9.07. The molecule has 150 valence electrons. The number of hydrogen-bond acceptors (Lipinski definition) is 9. The number of aryl methyl sites for hydroxylation is 1. The highest BCUT2D eigenvalue weighted by Crippen LogP contribution is 2.36. The quantitative estimate of drug-likeness (QED) is 0.508. The molecular formula is C20H17N7O3. The SMILES string of the molecule is CCOC(=O)c1c(C)nc2nn3c(N)c(C#N)nnc3c2c1-c1ccc(OC)cc1. The molecule has 3 heterocycles.